The minimum Gasteiger partial charge on any atom is -0.327 e. The number of hydrogen-bond acceptors (Lipinski definition) is 2. The van der Waals surface area contributed by atoms with Gasteiger partial charge in [0, 0.05) is 24.5 Å². The number of hydrogen-bond donors (Lipinski definition) is 1. The van der Waals surface area contributed by atoms with Gasteiger partial charge in [-0.25, -0.2) is 4.39 Å². The van der Waals surface area contributed by atoms with Gasteiger partial charge in [-0.1, -0.05) is 42.2 Å². The van der Waals surface area contributed by atoms with Gasteiger partial charge in [0.05, 0.1) is 0 Å². The van der Waals surface area contributed by atoms with Crippen LogP contribution in [0.4, 0.5) is 4.39 Å². The van der Waals surface area contributed by atoms with Gasteiger partial charge in [0.2, 0.25) is 0 Å². The Morgan fingerprint density at radius 1 is 1.41 bits per heavy atom. The van der Waals surface area contributed by atoms with Crippen molar-refractivity contribution < 1.29 is 4.39 Å². The summed E-state index contributed by atoms with van der Waals surface area (Å²) >= 11 is 0. The zero-order chi connectivity index (χ0) is 16.2. The summed E-state index contributed by atoms with van der Waals surface area (Å²) in [4.78, 5) is 4.01. The molecule has 1 heterocycles. The van der Waals surface area contributed by atoms with Crippen LogP contribution in [0.25, 0.3) is 5.57 Å². The highest BCUT2D eigenvalue weighted by molar-refractivity contribution is 5.70. The van der Waals surface area contributed by atoms with Crippen LogP contribution in [-0.2, 0) is 0 Å². The van der Waals surface area contributed by atoms with Crippen LogP contribution in [0.1, 0.15) is 19.4 Å². The number of nitrogens with zero attached hydrogens (tertiary/aromatic N) is 1. The van der Waals surface area contributed by atoms with Crippen molar-refractivity contribution in [1.29, 1.82) is 0 Å². The van der Waals surface area contributed by atoms with Crippen molar-refractivity contribution in [2.45, 2.75) is 13.8 Å². The Bertz CT molecular complexity index is 641. The highest BCUT2D eigenvalue weighted by Gasteiger charge is 2.01. The van der Waals surface area contributed by atoms with E-state index in [1.165, 1.54) is 0 Å². The third-order valence-electron chi connectivity index (χ3n) is 2.84. The number of pyridine rings is 1. The van der Waals surface area contributed by atoms with E-state index < -0.39 is 6.67 Å². The molecule has 0 bridgehead atoms. The summed E-state index contributed by atoms with van der Waals surface area (Å²) in [6, 6.07) is 3.62. The van der Waals surface area contributed by atoms with Crippen LogP contribution >= 0.6 is 0 Å². The predicted molar refractivity (Wildman–Crippen MR) is 91.7 cm³/mol. The van der Waals surface area contributed by atoms with Crippen molar-refractivity contribution in [3.8, 4) is 11.8 Å². The molecule has 2 nitrogen and oxygen atoms in total. The molecule has 114 valence electrons. The van der Waals surface area contributed by atoms with Gasteiger partial charge < -0.3 is 5.73 Å². The van der Waals surface area contributed by atoms with Crippen molar-refractivity contribution >= 4 is 5.57 Å². The molecule has 1 rings (SSSR count). The number of rotatable bonds is 5. The van der Waals surface area contributed by atoms with Crippen LogP contribution in [0.15, 0.2) is 66.1 Å². The van der Waals surface area contributed by atoms with Crippen LogP contribution < -0.4 is 5.73 Å². The molecular formula is C19H21FN2. The average Bonchev–Trinajstić information content (AvgIpc) is 2.56. The molecule has 3 heteroatoms. The zero-order valence-corrected chi connectivity index (χ0v) is 13.0. The Morgan fingerprint density at radius 3 is 2.82 bits per heavy atom. The number of halogens is 1. The van der Waals surface area contributed by atoms with Gasteiger partial charge in [0.1, 0.15) is 6.67 Å². The standard InChI is InChI=1S/C19H21FN2/c1-3-17(10-9-16(2)7-4-5-11-21)13-19(14-20)18-8-6-12-22-15-18/h3-8,12-13,15H,11,14,21H2,1-2H3/b5-4-,16-7+,17-3-,19-13+. The molecular weight excluding hydrogens is 275 g/mol. The van der Waals surface area contributed by atoms with Crippen LogP contribution in [0, 0.1) is 11.8 Å². The van der Waals surface area contributed by atoms with Gasteiger partial charge in [-0.15, -0.1) is 0 Å². The van der Waals surface area contributed by atoms with Gasteiger partial charge in [-0.05, 0) is 42.7 Å². The normalized spacial score (nSPS) is 13.2. The molecule has 0 saturated heterocycles. The second kappa shape index (κ2) is 10.3. The lowest BCUT2D eigenvalue weighted by Gasteiger charge is -2.02. The Balaban J connectivity index is 2.96. The zero-order valence-electron chi connectivity index (χ0n) is 13.0. The first kappa shape index (κ1) is 17.6. The monoisotopic (exact) mass is 296 g/mol. The summed E-state index contributed by atoms with van der Waals surface area (Å²) < 4.78 is 13.2. The van der Waals surface area contributed by atoms with E-state index in [0.29, 0.717) is 12.1 Å². The topological polar surface area (TPSA) is 38.9 Å². The molecule has 0 amide bonds. The van der Waals surface area contributed by atoms with Crippen molar-refractivity contribution in [2.75, 3.05) is 13.2 Å². The van der Waals surface area contributed by atoms with Gasteiger partial charge >= 0.3 is 0 Å². The van der Waals surface area contributed by atoms with Crippen LogP contribution in [0.3, 0.4) is 0 Å². The summed E-state index contributed by atoms with van der Waals surface area (Å²) in [5.74, 6) is 6.09. The maximum absolute atomic E-state index is 13.2. The fourth-order valence-corrected chi connectivity index (χ4v) is 1.63. The minimum absolute atomic E-state index is 0.505. The smallest absolute Gasteiger partial charge is 0.115 e. The third kappa shape index (κ3) is 6.34. The molecule has 0 aliphatic heterocycles. The molecule has 0 aromatic carbocycles. The van der Waals surface area contributed by atoms with E-state index in [-0.39, 0.29) is 0 Å². The van der Waals surface area contributed by atoms with Crippen LogP contribution in [0.5, 0.6) is 0 Å². The predicted octanol–water partition coefficient (Wildman–Crippen LogP) is 3.85. The van der Waals surface area contributed by atoms with Crippen LogP contribution in [-0.4, -0.2) is 18.2 Å². The number of aromatic nitrogens is 1. The molecule has 1 aromatic heterocycles. The summed E-state index contributed by atoms with van der Waals surface area (Å²) in [5, 5.41) is 0. The van der Waals surface area contributed by atoms with Crippen molar-refractivity contribution in [1.82, 2.24) is 4.98 Å². The average molecular weight is 296 g/mol. The molecule has 0 fully saturated rings. The molecule has 0 radical (unpaired) electrons. The number of nitrogens with two attached hydrogens (primary N) is 1. The fraction of sp³-hybridized carbons (Fsp3) is 0.211. The Labute approximate surface area is 132 Å². The van der Waals surface area contributed by atoms with E-state index in [4.69, 9.17) is 5.73 Å². The highest BCUT2D eigenvalue weighted by atomic mass is 19.1. The quantitative estimate of drug-likeness (QED) is 0.662. The van der Waals surface area contributed by atoms with E-state index in [1.54, 1.807) is 24.5 Å². The van der Waals surface area contributed by atoms with Crippen molar-refractivity contribution in [3.05, 3.63) is 71.6 Å². The van der Waals surface area contributed by atoms with Gasteiger partial charge in [0.15, 0.2) is 0 Å². The van der Waals surface area contributed by atoms with Gasteiger partial charge in [0.25, 0.3) is 0 Å². The van der Waals surface area contributed by atoms with Crippen molar-refractivity contribution in [2.24, 2.45) is 5.73 Å². The maximum atomic E-state index is 13.2. The Morgan fingerprint density at radius 2 is 2.23 bits per heavy atom. The summed E-state index contributed by atoms with van der Waals surface area (Å²) in [6.45, 7) is 3.75. The third-order valence-corrected chi connectivity index (χ3v) is 2.84. The van der Waals surface area contributed by atoms with E-state index in [0.717, 1.165) is 16.7 Å². The van der Waals surface area contributed by atoms with E-state index >= 15 is 0 Å². The first-order valence-electron chi connectivity index (χ1n) is 7.10. The van der Waals surface area contributed by atoms with Crippen molar-refractivity contribution in [3.63, 3.8) is 0 Å². The molecule has 0 aliphatic carbocycles. The molecule has 2 N–H and O–H groups in total. The molecule has 22 heavy (non-hydrogen) atoms. The largest absolute Gasteiger partial charge is 0.327 e. The van der Waals surface area contributed by atoms with Crippen LogP contribution in [0.2, 0.25) is 0 Å². The Hall–Kier alpha value is -2.44. The number of alkyl halides is 1. The Kier molecular flexibility index (Phi) is 8.25. The minimum atomic E-state index is -0.557. The highest BCUT2D eigenvalue weighted by Crippen LogP contribution is 2.16. The van der Waals surface area contributed by atoms with E-state index in [2.05, 4.69) is 16.8 Å². The van der Waals surface area contributed by atoms with E-state index in [9.17, 15) is 4.39 Å². The van der Waals surface area contributed by atoms with Gasteiger partial charge in [-0.3, -0.25) is 4.98 Å². The molecule has 0 aliphatic rings. The first-order valence-corrected chi connectivity index (χ1v) is 7.10. The lowest BCUT2D eigenvalue weighted by Crippen LogP contribution is -1.91. The second-order valence-corrected chi connectivity index (χ2v) is 4.55. The van der Waals surface area contributed by atoms with Gasteiger partial charge in [-0.2, -0.15) is 0 Å². The summed E-state index contributed by atoms with van der Waals surface area (Å²) in [5.41, 5.74) is 8.40. The molecule has 0 spiro atoms. The van der Waals surface area contributed by atoms with E-state index in [1.807, 2.05) is 44.2 Å². The lowest BCUT2D eigenvalue weighted by atomic mass is 10.1. The molecule has 1 aromatic rings. The summed E-state index contributed by atoms with van der Waals surface area (Å²) in [6.07, 6.45) is 12.6. The summed E-state index contributed by atoms with van der Waals surface area (Å²) in [7, 11) is 0. The SMILES string of the molecule is C/C=C(C#C/C(C)=C/C=C\CN)\C=C(/CF)c1cccnc1. The maximum Gasteiger partial charge on any atom is 0.115 e. The number of allylic oxidation sites excluding steroid dienone is 7. The first-order chi connectivity index (χ1) is 10.7. The lowest BCUT2D eigenvalue weighted by molar-refractivity contribution is 0.571. The second-order valence-electron chi connectivity index (χ2n) is 4.55. The molecule has 0 atom stereocenters. The molecule has 0 saturated carbocycles. The fourth-order valence-electron chi connectivity index (χ4n) is 1.63. The molecule has 0 unspecified atom stereocenters.